The van der Waals surface area contributed by atoms with Gasteiger partial charge >= 0.3 is 5.63 Å². The van der Waals surface area contributed by atoms with Gasteiger partial charge in [-0.25, -0.2) is 4.79 Å². The van der Waals surface area contributed by atoms with E-state index in [-0.39, 0.29) is 11.8 Å². The van der Waals surface area contributed by atoms with Crippen LogP contribution in [-0.2, 0) is 4.79 Å². The molecule has 1 N–H and O–H groups in total. The Morgan fingerprint density at radius 3 is 2.33 bits per heavy atom. The van der Waals surface area contributed by atoms with Crippen molar-refractivity contribution in [1.82, 2.24) is 4.90 Å². The number of hydrogen-bond donors (Lipinski definition) is 1. The molecule has 1 aliphatic rings. The van der Waals surface area contributed by atoms with Crippen molar-refractivity contribution in [3.8, 4) is 11.1 Å². The molecule has 0 radical (unpaired) electrons. The molecule has 1 fully saturated rings. The van der Waals surface area contributed by atoms with Crippen LogP contribution in [0.25, 0.3) is 22.1 Å². The third kappa shape index (κ3) is 4.83. The van der Waals surface area contributed by atoms with Crippen molar-refractivity contribution in [1.29, 1.82) is 0 Å². The Morgan fingerprint density at radius 2 is 1.64 bits per heavy atom. The Morgan fingerprint density at radius 1 is 0.917 bits per heavy atom. The van der Waals surface area contributed by atoms with Crippen molar-refractivity contribution < 1.29 is 14.0 Å². The number of benzene rings is 3. The van der Waals surface area contributed by atoms with E-state index in [4.69, 9.17) is 16.0 Å². The van der Waals surface area contributed by atoms with Crippen LogP contribution in [-0.4, -0.2) is 42.9 Å². The lowest BCUT2D eigenvalue weighted by molar-refractivity contribution is -0.129. The summed E-state index contributed by atoms with van der Waals surface area (Å²) in [5.74, 6) is -0.210. The Kier molecular flexibility index (Phi) is 6.48. The molecule has 1 aromatic heterocycles. The summed E-state index contributed by atoms with van der Waals surface area (Å²) < 4.78 is 5.42. The van der Waals surface area contributed by atoms with Crippen LogP contribution in [0.5, 0.6) is 0 Å². The van der Waals surface area contributed by atoms with Gasteiger partial charge in [0.1, 0.15) is 5.58 Å². The van der Waals surface area contributed by atoms with Gasteiger partial charge in [0.25, 0.3) is 5.91 Å². The summed E-state index contributed by atoms with van der Waals surface area (Å²) in [6, 6.07) is 21.3. The SMILES string of the molecule is CC(=O)N1CCN(c2ccc(NC(=O)c3ccc(-c4cc5ccccc5oc4=O)cc3)cc2Cl)CC1. The van der Waals surface area contributed by atoms with E-state index in [0.29, 0.717) is 59.2 Å². The molecule has 0 saturated carbocycles. The molecule has 0 bridgehead atoms. The average molecular weight is 502 g/mol. The number of halogens is 1. The minimum Gasteiger partial charge on any atom is -0.422 e. The molecule has 0 atom stereocenters. The number of amides is 2. The van der Waals surface area contributed by atoms with Gasteiger partial charge in [0.15, 0.2) is 0 Å². The molecule has 0 aliphatic carbocycles. The molecule has 8 heteroatoms. The van der Waals surface area contributed by atoms with E-state index >= 15 is 0 Å². The Labute approximate surface area is 212 Å². The summed E-state index contributed by atoms with van der Waals surface area (Å²) in [5, 5.41) is 4.23. The zero-order valence-corrected chi connectivity index (χ0v) is 20.4. The number of piperazine rings is 1. The molecular formula is C28H24ClN3O4. The molecule has 2 heterocycles. The summed E-state index contributed by atoms with van der Waals surface area (Å²) in [6.07, 6.45) is 0. The van der Waals surface area contributed by atoms with Crippen LogP contribution in [0.15, 0.2) is 82.0 Å². The van der Waals surface area contributed by atoms with Crippen molar-refractivity contribution in [3.63, 3.8) is 0 Å². The number of fused-ring (bicyclic) bond motifs is 1. The van der Waals surface area contributed by atoms with E-state index in [1.807, 2.05) is 35.2 Å². The fraction of sp³-hybridized carbons (Fsp3) is 0.179. The van der Waals surface area contributed by atoms with Crippen LogP contribution >= 0.6 is 11.6 Å². The quantitative estimate of drug-likeness (QED) is 0.396. The number of nitrogens with zero attached hydrogens (tertiary/aromatic N) is 2. The van der Waals surface area contributed by atoms with Crippen LogP contribution in [0.3, 0.4) is 0 Å². The van der Waals surface area contributed by atoms with Gasteiger partial charge in [0.2, 0.25) is 5.91 Å². The first-order valence-corrected chi connectivity index (χ1v) is 12.0. The highest BCUT2D eigenvalue weighted by molar-refractivity contribution is 6.33. The summed E-state index contributed by atoms with van der Waals surface area (Å²) in [6.45, 7) is 4.29. The van der Waals surface area contributed by atoms with Crippen molar-refractivity contribution in [2.45, 2.75) is 6.92 Å². The first kappa shape index (κ1) is 23.6. The summed E-state index contributed by atoms with van der Waals surface area (Å²) in [7, 11) is 0. The number of para-hydroxylation sites is 1. The van der Waals surface area contributed by atoms with E-state index < -0.39 is 5.63 Å². The topological polar surface area (TPSA) is 82.9 Å². The second kappa shape index (κ2) is 9.87. The molecular weight excluding hydrogens is 478 g/mol. The maximum absolute atomic E-state index is 12.8. The minimum absolute atomic E-state index is 0.0765. The Balaban J connectivity index is 1.28. The number of anilines is 2. The molecule has 182 valence electrons. The highest BCUT2D eigenvalue weighted by Crippen LogP contribution is 2.30. The lowest BCUT2D eigenvalue weighted by atomic mass is 10.0. The van der Waals surface area contributed by atoms with Crippen LogP contribution in [0.2, 0.25) is 5.02 Å². The van der Waals surface area contributed by atoms with E-state index in [1.54, 1.807) is 49.4 Å². The van der Waals surface area contributed by atoms with Crippen molar-refractivity contribution >= 4 is 45.8 Å². The monoisotopic (exact) mass is 501 g/mol. The van der Waals surface area contributed by atoms with Crippen LogP contribution in [0.1, 0.15) is 17.3 Å². The number of carbonyl (C=O) groups excluding carboxylic acids is 2. The number of hydrogen-bond acceptors (Lipinski definition) is 5. The zero-order chi connectivity index (χ0) is 25.2. The third-order valence-electron chi connectivity index (χ3n) is 6.37. The Bertz CT molecular complexity index is 1510. The van der Waals surface area contributed by atoms with Crippen LogP contribution in [0.4, 0.5) is 11.4 Å². The van der Waals surface area contributed by atoms with Crippen molar-refractivity contribution in [2.24, 2.45) is 0 Å². The average Bonchev–Trinajstić information content (AvgIpc) is 2.88. The second-order valence-corrected chi connectivity index (χ2v) is 9.08. The van der Waals surface area contributed by atoms with Crippen LogP contribution < -0.4 is 15.8 Å². The van der Waals surface area contributed by atoms with E-state index in [0.717, 1.165) is 11.1 Å². The molecule has 1 aliphatic heterocycles. The number of rotatable bonds is 4. The van der Waals surface area contributed by atoms with Crippen LogP contribution in [0, 0.1) is 0 Å². The normalized spacial score (nSPS) is 13.6. The zero-order valence-electron chi connectivity index (χ0n) is 19.7. The molecule has 3 aromatic carbocycles. The predicted molar refractivity (Wildman–Crippen MR) is 142 cm³/mol. The van der Waals surface area contributed by atoms with Gasteiger partial charge in [-0.1, -0.05) is 41.9 Å². The third-order valence-corrected chi connectivity index (χ3v) is 6.67. The summed E-state index contributed by atoms with van der Waals surface area (Å²) in [4.78, 5) is 40.8. The highest BCUT2D eigenvalue weighted by atomic mass is 35.5. The molecule has 1 saturated heterocycles. The molecule has 0 unspecified atom stereocenters. The van der Waals surface area contributed by atoms with Crippen molar-refractivity contribution in [3.05, 3.63) is 93.8 Å². The van der Waals surface area contributed by atoms with Gasteiger partial charge in [0, 0.05) is 49.7 Å². The van der Waals surface area contributed by atoms with Gasteiger partial charge in [-0.15, -0.1) is 0 Å². The molecule has 5 rings (SSSR count). The maximum Gasteiger partial charge on any atom is 0.344 e. The number of carbonyl (C=O) groups is 2. The second-order valence-electron chi connectivity index (χ2n) is 8.68. The number of nitrogens with one attached hydrogen (secondary N) is 1. The Hall–Kier alpha value is -4.10. The summed E-state index contributed by atoms with van der Waals surface area (Å²) >= 11 is 6.52. The first-order chi connectivity index (χ1) is 17.4. The summed E-state index contributed by atoms with van der Waals surface area (Å²) in [5.41, 5.74) is 3.11. The van der Waals surface area contributed by atoms with Gasteiger partial charge in [-0.2, -0.15) is 0 Å². The molecule has 4 aromatic rings. The van der Waals surface area contributed by atoms with E-state index in [9.17, 15) is 14.4 Å². The minimum atomic E-state index is -0.427. The largest absolute Gasteiger partial charge is 0.422 e. The van der Waals surface area contributed by atoms with Crippen molar-refractivity contribution in [2.75, 3.05) is 36.4 Å². The van der Waals surface area contributed by atoms with Gasteiger partial charge in [0.05, 0.1) is 16.3 Å². The fourth-order valence-electron chi connectivity index (χ4n) is 4.37. The highest BCUT2D eigenvalue weighted by Gasteiger charge is 2.20. The molecule has 0 spiro atoms. The standard InChI is InChI=1S/C28H24ClN3O4/c1-18(33)31-12-14-32(15-13-31)25-11-10-22(17-24(25)29)30-27(34)20-8-6-19(7-9-20)23-16-21-4-2-3-5-26(21)36-28(23)35/h2-11,16-17H,12-15H2,1H3,(H,30,34). The first-order valence-electron chi connectivity index (χ1n) is 11.6. The van der Waals surface area contributed by atoms with Gasteiger partial charge in [-0.05, 0) is 48.0 Å². The fourth-order valence-corrected chi connectivity index (χ4v) is 4.67. The lowest BCUT2D eigenvalue weighted by Crippen LogP contribution is -2.48. The van der Waals surface area contributed by atoms with E-state index in [1.165, 1.54) is 0 Å². The molecule has 7 nitrogen and oxygen atoms in total. The van der Waals surface area contributed by atoms with Gasteiger partial charge in [-0.3, -0.25) is 9.59 Å². The smallest absolute Gasteiger partial charge is 0.344 e. The predicted octanol–water partition coefficient (Wildman–Crippen LogP) is 5.03. The van der Waals surface area contributed by atoms with Gasteiger partial charge < -0.3 is 19.5 Å². The lowest BCUT2D eigenvalue weighted by Gasteiger charge is -2.36. The van der Waals surface area contributed by atoms with E-state index in [2.05, 4.69) is 10.2 Å². The molecule has 36 heavy (non-hydrogen) atoms. The molecule has 2 amide bonds. The maximum atomic E-state index is 12.8.